The molecule has 0 fully saturated rings. The maximum atomic E-state index is 11.2. The molecule has 0 saturated heterocycles. The number of unbranched alkanes of at least 4 members (excludes halogenated alkanes) is 5. The number of rotatable bonds is 15. The standard InChI is InChI=1S/C21H36O6/c1-4-5-11-15-19(27-17(2)22)21(25)18(23)14-12-9-7-6-8-10-13-16-20(24)26-3/h5,11-12,14,18-19,21,23,25H,4,6-10,13,15-16H2,1-3H3/b11-5-,14-12-/t18-,19-,21-/m1/s1. The average molecular weight is 385 g/mol. The molecular formula is C21H36O6. The molecule has 156 valence electrons. The van der Waals surface area contributed by atoms with E-state index >= 15 is 0 Å². The van der Waals surface area contributed by atoms with Crippen molar-refractivity contribution < 1.29 is 29.3 Å². The van der Waals surface area contributed by atoms with E-state index in [2.05, 4.69) is 4.74 Å². The second-order valence-electron chi connectivity index (χ2n) is 6.56. The van der Waals surface area contributed by atoms with Crippen LogP contribution in [0.25, 0.3) is 0 Å². The van der Waals surface area contributed by atoms with Crippen LogP contribution in [0.1, 0.15) is 71.6 Å². The molecule has 27 heavy (non-hydrogen) atoms. The number of allylic oxidation sites excluding steroid dienone is 2. The lowest BCUT2D eigenvalue weighted by molar-refractivity contribution is -0.155. The van der Waals surface area contributed by atoms with Crippen molar-refractivity contribution in [1.29, 1.82) is 0 Å². The second kappa shape index (κ2) is 16.5. The van der Waals surface area contributed by atoms with E-state index < -0.39 is 24.3 Å². The lowest BCUT2D eigenvalue weighted by atomic mass is 10.0. The molecule has 0 aromatic rings. The molecule has 0 aromatic heterocycles. The van der Waals surface area contributed by atoms with Crippen molar-refractivity contribution in [2.24, 2.45) is 0 Å². The summed E-state index contributed by atoms with van der Waals surface area (Å²) in [6.07, 6.45) is 11.6. The molecule has 0 radical (unpaired) electrons. The van der Waals surface area contributed by atoms with Crippen molar-refractivity contribution in [2.75, 3.05) is 7.11 Å². The summed E-state index contributed by atoms with van der Waals surface area (Å²) in [5.74, 6) is -0.643. The molecule has 0 rings (SSSR count). The van der Waals surface area contributed by atoms with E-state index in [0.29, 0.717) is 12.8 Å². The Hall–Kier alpha value is -1.66. The van der Waals surface area contributed by atoms with Gasteiger partial charge in [0.1, 0.15) is 18.3 Å². The minimum atomic E-state index is -1.16. The van der Waals surface area contributed by atoms with Gasteiger partial charge in [-0.15, -0.1) is 0 Å². The van der Waals surface area contributed by atoms with Crippen LogP contribution >= 0.6 is 0 Å². The van der Waals surface area contributed by atoms with Gasteiger partial charge in [-0.25, -0.2) is 0 Å². The monoisotopic (exact) mass is 384 g/mol. The van der Waals surface area contributed by atoms with Crippen LogP contribution in [0.4, 0.5) is 0 Å². The van der Waals surface area contributed by atoms with Gasteiger partial charge >= 0.3 is 11.9 Å². The van der Waals surface area contributed by atoms with Gasteiger partial charge < -0.3 is 19.7 Å². The number of aliphatic hydroxyl groups excluding tert-OH is 2. The first-order valence-electron chi connectivity index (χ1n) is 9.84. The van der Waals surface area contributed by atoms with E-state index in [0.717, 1.165) is 44.9 Å². The van der Waals surface area contributed by atoms with Gasteiger partial charge in [-0.05, 0) is 25.7 Å². The molecule has 0 spiro atoms. The SMILES string of the molecule is CC/C=C\C[C@@H](OC(C)=O)[C@H](O)[C@H](O)/C=C\CCCCCCCC(=O)OC. The van der Waals surface area contributed by atoms with Crippen LogP contribution in [-0.4, -0.2) is 47.6 Å². The molecule has 2 N–H and O–H groups in total. The zero-order valence-corrected chi connectivity index (χ0v) is 16.9. The Balaban J connectivity index is 4.09. The van der Waals surface area contributed by atoms with Crippen LogP contribution in [0.15, 0.2) is 24.3 Å². The van der Waals surface area contributed by atoms with Crippen molar-refractivity contribution in [3.05, 3.63) is 24.3 Å². The first kappa shape index (κ1) is 25.3. The Morgan fingerprint density at radius 2 is 1.67 bits per heavy atom. The topological polar surface area (TPSA) is 93.1 Å². The largest absolute Gasteiger partial charge is 0.469 e. The van der Waals surface area contributed by atoms with E-state index in [1.54, 1.807) is 6.08 Å². The fourth-order valence-corrected chi connectivity index (χ4v) is 2.60. The van der Waals surface area contributed by atoms with Crippen LogP contribution in [0.5, 0.6) is 0 Å². The van der Waals surface area contributed by atoms with Gasteiger partial charge in [0, 0.05) is 19.8 Å². The van der Waals surface area contributed by atoms with Gasteiger partial charge in [-0.3, -0.25) is 9.59 Å². The Morgan fingerprint density at radius 1 is 1.00 bits per heavy atom. The number of carbonyl (C=O) groups excluding carboxylic acids is 2. The van der Waals surface area contributed by atoms with Gasteiger partial charge in [0.25, 0.3) is 0 Å². The Morgan fingerprint density at radius 3 is 2.30 bits per heavy atom. The number of esters is 2. The minimum Gasteiger partial charge on any atom is -0.469 e. The molecule has 0 saturated carbocycles. The summed E-state index contributed by atoms with van der Waals surface area (Å²) in [4.78, 5) is 22.2. The summed E-state index contributed by atoms with van der Waals surface area (Å²) in [5, 5.41) is 20.4. The number of carbonyl (C=O) groups is 2. The van der Waals surface area contributed by atoms with Crippen LogP contribution in [0.2, 0.25) is 0 Å². The van der Waals surface area contributed by atoms with Gasteiger partial charge in [-0.1, -0.05) is 50.5 Å². The van der Waals surface area contributed by atoms with Crippen LogP contribution < -0.4 is 0 Å². The van der Waals surface area contributed by atoms with E-state index in [-0.39, 0.29) is 5.97 Å². The fraction of sp³-hybridized carbons (Fsp3) is 0.714. The van der Waals surface area contributed by atoms with Gasteiger partial charge in [0.2, 0.25) is 0 Å². The molecule has 0 aliphatic heterocycles. The molecule has 0 unspecified atom stereocenters. The van der Waals surface area contributed by atoms with Gasteiger partial charge in [0.05, 0.1) is 7.11 Å². The third kappa shape index (κ3) is 14.1. The first-order chi connectivity index (χ1) is 12.9. The minimum absolute atomic E-state index is 0.164. The normalized spacial score (nSPS) is 15.0. The van der Waals surface area contributed by atoms with E-state index in [1.165, 1.54) is 14.0 Å². The lowest BCUT2D eigenvalue weighted by Gasteiger charge is -2.24. The molecule has 0 amide bonds. The van der Waals surface area contributed by atoms with E-state index in [9.17, 15) is 19.8 Å². The highest BCUT2D eigenvalue weighted by atomic mass is 16.6. The van der Waals surface area contributed by atoms with Crippen molar-refractivity contribution in [1.82, 2.24) is 0 Å². The molecule has 3 atom stereocenters. The quantitative estimate of drug-likeness (QED) is 0.255. The Labute approximate surface area is 163 Å². The predicted molar refractivity (Wildman–Crippen MR) is 105 cm³/mol. The maximum absolute atomic E-state index is 11.2. The number of ether oxygens (including phenoxy) is 2. The average Bonchev–Trinajstić information content (AvgIpc) is 2.64. The zero-order chi connectivity index (χ0) is 20.5. The van der Waals surface area contributed by atoms with Crippen molar-refractivity contribution in [3.8, 4) is 0 Å². The summed E-state index contributed by atoms with van der Waals surface area (Å²) in [6, 6.07) is 0. The second-order valence-corrected chi connectivity index (χ2v) is 6.56. The number of hydrogen-bond donors (Lipinski definition) is 2. The Bertz CT molecular complexity index is 458. The molecule has 0 aliphatic carbocycles. The third-order valence-electron chi connectivity index (χ3n) is 4.13. The third-order valence-corrected chi connectivity index (χ3v) is 4.13. The van der Waals surface area contributed by atoms with Gasteiger partial charge in [-0.2, -0.15) is 0 Å². The van der Waals surface area contributed by atoms with Crippen LogP contribution in [-0.2, 0) is 19.1 Å². The van der Waals surface area contributed by atoms with E-state index in [4.69, 9.17) is 4.74 Å². The van der Waals surface area contributed by atoms with Crippen molar-refractivity contribution >= 4 is 11.9 Å². The van der Waals surface area contributed by atoms with Gasteiger partial charge in [0.15, 0.2) is 0 Å². The predicted octanol–water partition coefficient (Wildman–Crippen LogP) is 3.46. The highest BCUT2D eigenvalue weighted by Crippen LogP contribution is 2.13. The van der Waals surface area contributed by atoms with Crippen LogP contribution in [0.3, 0.4) is 0 Å². The van der Waals surface area contributed by atoms with Crippen molar-refractivity contribution in [3.63, 3.8) is 0 Å². The van der Waals surface area contributed by atoms with E-state index in [1.807, 2.05) is 25.2 Å². The van der Waals surface area contributed by atoms with Crippen molar-refractivity contribution in [2.45, 2.75) is 89.9 Å². The molecular weight excluding hydrogens is 348 g/mol. The summed E-state index contributed by atoms with van der Waals surface area (Å²) in [5.41, 5.74) is 0. The summed E-state index contributed by atoms with van der Waals surface area (Å²) >= 11 is 0. The molecule has 0 aliphatic rings. The highest BCUT2D eigenvalue weighted by molar-refractivity contribution is 5.69. The molecule has 6 heteroatoms. The molecule has 0 aromatic carbocycles. The number of methoxy groups -OCH3 is 1. The molecule has 0 bridgehead atoms. The summed E-state index contributed by atoms with van der Waals surface area (Å²) in [6.45, 7) is 3.28. The summed E-state index contributed by atoms with van der Waals surface area (Å²) < 4.78 is 9.71. The number of hydrogen-bond acceptors (Lipinski definition) is 6. The highest BCUT2D eigenvalue weighted by Gasteiger charge is 2.26. The maximum Gasteiger partial charge on any atom is 0.305 e. The fourth-order valence-electron chi connectivity index (χ4n) is 2.60. The summed E-state index contributed by atoms with van der Waals surface area (Å²) in [7, 11) is 1.40. The molecule has 6 nitrogen and oxygen atoms in total. The number of aliphatic hydroxyl groups is 2. The zero-order valence-electron chi connectivity index (χ0n) is 16.9. The van der Waals surface area contributed by atoms with Crippen LogP contribution in [0, 0.1) is 0 Å². The lowest BCUT2D eigenvalue weighted by Crippen LogP contribution is -2.38. The smallest absolute Gasteiger partial charge is 0.305 e. The molecule has 0 heterocycles. The first-order valence-corrected chi connectivity index (χ1v) is 9.84. The Kier molecular flexibility index (Phi) is 15.5.